The van der Waals surface area contributed by atoms with Crippen molar-refractivity contribution in [2.45, 2.75) is 58.5 Å². The van der Waals surface area contributed by atoms with Gasteiger partial charge in [0, 0.05) is 18.8 Å². The molecule has 1 saturated heterocycles. The topological polar surface area (TPSA) is 56.7 Å². The number of nitrogens with zero attached hydrogens (tertiary/aromatic N) is 1. The van der Waals surface area contributed by atoms with Gasteiger partial charge in [-0.1, -0.05) is 33.1 Å². The van der Waals surface area contributed by atoms with Gasteiger partial charge in [0.15, 0.2) is 5.96 Å². The summed E-state index contributed by atoms with van der Waals surface area (Å²) in [6.07, 6.45) is 5.89. The van der Waals surface area contributed by atoms with E-state index in [4.69, 9.17) is 0 Å². The van der Waals surface area contributed by atoms with E-state index in [9.17, 15) is 5.11 Å². The summed E-state index contributed by atoms with van der Waals surface area (Å²) >= 11 is 1.82. The third kappa shape index (κ3) is 7.41. The highest BCUT2D eigenvalue weighted by Gasteiger charge is 2.31. The zero-order valence-electron chi connectivity index (χ0n) is 14.0. The highest BCUT2D eigenvalue weighted by molar-refractivity contribution is 7.99. The van der Waals surface area contributed by atoms with Gasteiger partial charge in [-0.2, -0.15) is 11.8 Å². The Morgan fingerprint density at radius 2 is 2.14 bits per heavy atom. The summed E-state index contributed by atoms with van der Waals surface area (Å²) in [4.78, 5) is 4.58. The zero-order chi connectivity index (χ0) is 15.6. The van der Waals surface area contributed by atoms with E-state index in [1.54, 1.807) is 0 Å². The Kier molecular flexibility index (Phi) is 9.16. The summed E-state index contributed by atoms with van der Waals surface area (Å²) in [5, 5.41) is 17.1. The average molecular weight is 316 g/mol. The lowest BCUT2D eigenvalue weighted by Crippen LogP contribution is -2.41. The second kappa shape index (κ2) is 10.3. The molecule has 0 aromatic heterocycles. The molecule has 5 heteroatoms. The Balaban J connectivity index is 2.43. The molecule has 0 spiro atoms. The molecule has 1 fully saturated rings. The largest absolute Gasteiger partial charge is 0.387 e. The van der Waals surface area contributed by atoms with Gasteiger partial charge in [-0.05, 0) is 31.4 Å². The van der Waals surface area contributed by atoms with E-state index >= 15 is 0 Å². The monoisotopic (exact) mass is 315 g/mol. The minimum absolute atomic E-state index is 0.501. The van der Waals surface area contributed by atoms with Crippen molar-refractivity contribution in [2.24, 2.45) is 10.9 Å². The van der Waals surface area contributed by atoms with Crippen molar-refractivity contribution in [2.75, 3.05) is 31.1 Å². The molecule has 0 aromatic rings. The summed E-state index contributed by atoms with van der Waals surface area (Å²) in [7, 11) is 0. The average Bonchev–Trinajstić information content (AvgIpc) is 2.92. The highest BCUT2D eigenvalue weighted by atomic mass is 32.2. The fourth-order valence-corrected chi connectivity index (χ4v) is 3.76. The van der Waals surface area contributed by atoms with E-state index in [1.165, 1.54) is 25.7 Å². The first kappa shape index (κ1) is 18.6. The van der Waals surface area contributed by atoms with Gasteiger partial charge in [0.1, 0.15) is 0 Å². The van der Waals surface area contributed by atoms with E-state index in [1.807, 2.05) is 11.8 Å². The van der Waals surface area contributed by atoms with Gasteiger partial charge in [0.05, 0.1) is 12.1 Å². The van der Waals surface area contributed by atoms with Crippen LogP contribution in [0.5, 0.6) is 0 Å². The Bertz CT molecular complexity index is 304. The maximum atomic E-state index is 10.4. The van der Waals surface area contributed by atoms with Crippen molar-refractivity contribution in [3.63, 3.8) is 0 Å². The second-order valence-electron chi connectivity index (χ2n) is 6.02. The number of thioether (sulfide) groups is 1. The molecule has 0 aromatic carbocycles. The molecule has 0 saturated carbocycles. The molecule has 1 aliphatic rings. The number of aliphatic hydroxyl groups is 1. The van der Waals surface area contributed by atoms with E-state index in [-0.39, 0.29) is 0 Å². The third-order valence-electron chi connectivity index (χ3n) is 4.06. The first-order valence-corrected chi connectivity index (χ1v) is 9.61. The van der Waals surface area contributed by atoms with E-state index in [0.717, 1.165) is 37.0 Å². The van der Waals surface area contributed by atoms with Gasteiger partial charge in [-0.25, -0.2) is 0 Å². The number of unbranched alkanes of at least 4 members (excludes halogenated alkanes) is 1. The molecular weight excluding hydrogens is 282 g/mol. The lowest BCUT2D eigenvalue weighted by molar-refractivity contribution is 0.0778. The van der Waals surface area contributed by atoms with Crippen LogP contribution in [0, 0.1) is 5.92 Å². The molecule has 124 valence electrons. The lowest BCUT2D eigenvalue weighted by atomic mass is 9.99. The standard InChI is InChI=1S/C16H33N3OS/c1-4-7-8-14(5-2)11-18-15(17-6-3)19-12-16(20)9-10-21-13-16/h14,20H,4-13H2,1-3H3,(H2,17,18,19). The molecule has 2 unspecified atom stereocenters. The van der Waals surface area contributed by atoms with Crippen molar-refractivity contribution in [3.8, 4) is 0 Å². The number of hydrogen-bond donors (Lipinski definition) is 3. The molecular formula is C16H33N3OS. The summed E-state index contributed by atoms with van der Waals surface area (Å²) in [6.45, 7) is 8.89. The van der Waals surface area contributed by atoms with Gasteiger partial charge in [0.25, 0.3) is 0 Å². The molecule has 1 aliphatic heterocycles. The minimum atomic E-state index is -0.598. The van der Waals surface area contributed by atoms with Gasteiger partial charge < -0.3 is 15.7 Å². The van der Waals surface area contributed by atoms with Gasteiger partial charge in [0.2, 0.25) is 0 Å². The van der Waals surface area contributed by atoms with Crippen LogP contribution in [0.2, 0.25) is 0 Å². The Morgan fingerprint density at radius 1 is 1.33 bits per heavy atom. The van der Waals surface area contributed by atoms with Crippen LogP contribution >= 0.6 is 11.8 Å². The number of rotatable bonds is 9. The van der Waals surface area contributed by atoms with Crippen LogP contribution in [0.25, 0.3) is 0 Å². The van der Waals surface area contributed by atoms with E-state index in [2.05, 4.69) is 36.4 Å². The molecule has 2 atom stereocenters. The maximum absolute atomic E-state index is 10.4. The van der Waals surface area contributed by atoms with Gasteiger partial charge in [-0.3, -0.25) is 4.99 Å². The van der Waals surface area contributed by atoms with E-state index < -0.39 is 5.60 Å². The fourth-order valence-electron chi connectivity index (χ4n) is 2.47. The Hall–Kier alpha value is -0.420. The van der Waals surface area contributed by atoms with Crippen LogP contribution < -0.4 is 10.6 Å². The first-order valence-electron chi connectivity index (χ1n) is 8.45. The van der Waals surface area contributed by atoms with Crippen molar-refractivity contribution in [1.82, 2.24) is 10.6 Å². The van der Waals surface area contributed by atoms with Crippen LogP contribution in [-0.2, 0) is 0 Å². The lowest BCUT2D eigenvalue weighted by Gasteiger charge is -2.21. The molecule has 0 radical (unpaired) electrons. The first-order chi connectivity index (χ1) is 10.1. The summed E-state index contributed by atoms with van der Waals surface area (Å²) < 4.78 is 0. The van der Waals surface area contributed by atoms with Gasteiger partial charge in [-0.15, -0.1) is 0 Å². The molecule has 3 N–H and O–H groups in total. The highest BCUT2D eigenvalue weighted by Crippen LogP contribution is 2.27. The normalized spacial score (nSPS) is 24.1. The Labute approximate surface area is 134 Å². The third-order valence-corrected chi connectivity index (χ3v) is 5.29. The minimum Gasteiger partial charge on any atom is -0.387 e. The Morgan fingerprint density at radius 3 is 2.71 bits per heavy atom. The van der Waals surface area contributed by atoms with Gasteiger partial charge >= 0.3 is 0 Å². The summed E-state index contributed by atoms with van der Waals surface area (Å²) in [5.74, 6) is 3.41. The SMILES string of the molecule is CCCCC(CC)CNC(=NCC1(O)CCSC1)NCC. The molecule has 21 heavy (non-hydrogen) atoms. The van der Waals surface area contributed by atoms with E-state index in [0.29, 0.717) is 12.5 Å². The molecule has 1 heterocycles. The predicted octanol–water partition coefficient (Wildman–Crippen LogP) is 2.63. The molecule has 0 bridgehead atoms. The van der Waals surface area contributed by atoms with Crippen molar-refractivity contribution >= 4 is 17.7 Å². The maximum Gasteiger partial charge on any atom is 0.191 e. The second-order valence-corrected chi connectivity index (χ2v) is 7.12. The molecule has 0 aliphatic carbocycles. The zero-order valence-corrected chi connectivity index (χ0v) is 14.8. The van der Waals surface area contributed by atoms with Crippen LogP contribution in [0.4, 0.5) is 0 Å². The number of nitrogens with one attached hydrogen (secondary N) is 2. The van der Waals surface area contributed by atoms with Crippen LogP contribution in [0.3, 0.4) is 0 Å². The van der Waals surface area contributed by atoms with Crippen molar-refractivity contribution in [3.05, 3.63) is 0 Å². The van der Waals surface area contributed by atoms with Crippen LogP contribution in [-0.4, -0.2) is 47.8 Å². The summed E-state index contributed by atoms with van der Waals surface area (Å²) in [5.41, 5.74) is -0.598. The number of aliphatic imine (C=N–C) groups is 1. The molecule has 1 rings (SSSR count). The summed E-state index contributed by atoms with van der Waals surface area (Å²) in [6, 6.07) is 0. The van der Waals surface area contributed by atoms with Crippen LogP contribution in [0.1, 0.15) is 52.9 Å². The molecule has 0 amide bonds. The predicted molar refractivity (Wildman–Crippen MR) is 94.2 cm³/mol. The quantitative estimate of drug-likeness (QED) is 0.452. The van der Waals surface area contributed by atoms with Crippen molar-refractivity contribution < 1.29 is 5.11 Å². The molecule has 4 nitrogen and oxygen atoms in total. The van der Waals surface area contributed by atoms with Crippen molar-refractivity contribution in [1.29, 1.82) is 0 Å². The fraction of sp³-hybridized carbons (Fsp3) is 0.938. The number of hydrogen-bond acceptors (Lipinski definition) is 3. The smallest absolute Gasteiger partial charge is 0.191 e. The number of guanidine groups is 1. The van der Waals surface area contributed by atoms with Crippen LogP contribution in [0.15, 0.2) is 4.99 Å².